The second-order valence-corrected chi connectivity index (χ2v) is 4.55. The molecule has 1 unspecified atom stereocenters. The Bertz CT molecular complexity index is 641. The number of nitrogens with one attached hydrogen (secondary N) is 1. The number of likely N-dealkylation sites (N-methyl/N-ethyl adjacent to an activating group) is 1. The number of methoxy groups -OCH3 is 1. The number of non-ortho nitro benzene ring substituents is 1. The topological polar surface area (TPSA) is 103 Å². The minimum absolute atomic E-state index is 0.0610. The van der Waals surface area contributed by atoms with E-state index in [1.54, 1.807) is 0 Å². The van der Waals surface area contributed by atoms with Gasteiger partial charge in [0.05, 0.1) is 17.6 Å². The van der Waals surface area contributed by atoms with Crippen LogP contribution in [0.25, 0.3) is 11.5 Å². The first kappa shape index (κ1) is 14.9. The molecule has 0 saturated carbocycles. The van der Waals surface area contributed by atoms with Crippen molar-refractivity contribution >= 4 is 5.69 Å². The van der Waals surface area contributed by atoms with Crippen LogP contribution in [-0.2, 0) is 6.42 Å². The van der Waals surface area contributed by atoms with Crippen LogP contribution in [0.4, 0.5) is 5.69 Å². The van der Waals surface area contributed by atoms with Crippen LogP contribution >= 0.6 is 0 Å². The minimum Gasteiger partial charge on any atom is -0.496 e. The predicted octanol–water partition coefficient (Wildman–Crippen LogP) is 1.80. The second-order valence-electron chi connectivity index (χ2n) is 4.55. The van der Waals surface area contributed by atoms with E-state index in [1.165, 1.54) is 25.3 Å². The Morgan fingerprint density at radius 3 is 2.90 bits per heavy atom. The van der Waals surface area contributed by atoms with Crippen molar-refractivity contribution < 1.29 is 14.2 Å². The highest BCUT2D eigenvalue weighted by Crippen LogP contribution is 2.32. The van der Waals surface area contributed by atoms with E-state index in [1.807, 2.05) is 14.0 Å². The summed E-state index contributed by atoms with van der Waals surface area (Å²) in [6.45, 7) is 1.99. The number of benzene rings is 1. The molecule has 1 N–H and O–H groups in total. The fourth-order valence-corrected chi connectivity index (χ4v) is 1.80. The molecule has 8 nitrogen and oxygen atoms in total. The number of ether oxygens (including phenoxy) is 1. The lowest BCUT2D eigenvalue weighted by Gasteiger charge is -2.05. The Morgan fingerprint density at radius 1 is 1.52 bits per heavy atom. The van der Waals surface area contributed by atoms with Gasteiger partial charge in [-0.1, -0.05) is 5.16 Å². The third kappa shape index (κ3) is 3.34. The lowest BCUT2D eigenvalue weighted by Crippen LogP contribution is -2.24. The molecule has 0 saturated heterocycles. The Balaban J connectivity index is 2.36. The minimum atomic E-state index is -0.483. The molecule has 112 valence electrons. The smallest absolute Gasteiger partial charge is 0.270 e. The summed E-state index contributed by atoms with van der Waals surface area (Å²) in [5, 5.41) is 17.8. The fourth-order valence-electron chi connectivity index (χ4n) is 1.80. The molecule has 0 aliphatic heterocycles. The molecule has 0 fully saturated rings. The van der Waals surface area contributed by atoms with E-state index in [0.717, 1.165) is 0 Å². The van der Waals surface area contributed by atoms with Crippen LogP contribution in [0.15, 0.2) is 22.7 Å². The first-order chi connectivity index (χ1) is 10.0. The van der Waals surface area contributed by atoms with E-state index in [2.05, 4.69) is 15.5 Å². The average Bonchev–Trinajstić information content (AvgIpc) is 2.94. The summed E-state index contributed by atoms with van der Waals surface area (Å²) < 4.78 is 10.4. The lowest BCUT2D eigenvalue weighted by atomic mass is 10.1. The Morgan fingerprint density at radius 2 is 2.29 bits per heavy atom. The fraction of sp³-hybridized carbons (Fsp3) is 0.385. The zero-order valence-electron chi connectivity index (χ0n) is 12.0. The first-order valence-electron chi connectivity index (χ1n) is 6.37. The van der Waals surface area contributed by atoms with Gasteiger partial charge in [-0.25, -0.2) is 0 Å². The van der Waals surface area contributed by atoms with Crippen molar-refractivity contribution in [1.29, 1.82) is 0 Å². The molecule has 1 atom stereocenters. The normalized spacial score (nSPS) is 12.1. The summed E-state index contributed by atoms with van der Waals surface area (Å²) in [6, 6.07) is 4.43. The molecule has 0 aliphatic carbocycles. The number of nitro benzene ring substituents is 1. The van der Waals surface area contributed by atoms with Crippen LogP contribution in [0.1, 0.15) is 12.7 Å². The number of hydrogen-bond donors (Lipinski definition) is 1. The quantitative estimate of drug-likeness (QED) is 0.639. The van der Waals surface area contributed by atoms with Gasteiger partial charge in [-0.2, -0.15) is 4.98 Å². The summed E-state index contributed by atoms with van der Waals surface area (Å²) in [4.78, 5) is 14.6. The van der Waals surface area contributed by atoms with Crippen LogP contribution in [0.3, 0.4) is 0 Å². The molecule has 0 bridgehead atoms. The van der Waals surface area contributed by atoms with Crippen molar-refractivity contribution in [2.45, 2.75) is 19.4 Å². The molecule has 1 aromatic carbocycles. The highest BCUT2D eigenvalue weighted by Gasteiger charge is 2.18. The van der Waals surface area contributed by atoms with E-state index < -0.39 is 4.92 Å². The van der Waals surface area contributed by atoms with Gasteiger partial charge in [-0.3, -0.25) is 10.1 Å². The van der Waals surface area contributed by atoms with Gasteiger partial charge in [-0.15, -0.1) is 0 Å². The van der Waals surface area contributed by atoms with Gasteiger partial charge in [0.1, 0.15) is 5.75 Å². The van der Waals surface area contributed by atoms with Gasteiger partial charge in [0, 0.05) is 24.6 Å². The highest BCUT2D eigenvalue weighted by atomic mass is 16.6. The molecule has 1 aromatic heterocycles. The number of nitrogens with zero attached hydrogens (tertiary/aromatic N) is 3. The number of hydrogen-bond acceptors (Lipinski definition) is 7. The first-order valence-corrected chi connectivity index (χ1v) is 6.37. The van der Waals surface area contributed by atoms with E-state index in [0.29, 0.717) is 23.6 Å². The summed E-state index contributed by atoms with van der Waals surface area (Å²) in [5.41, 5.74) is 0.344. The van der Waals surface area contributed by atoms with Crippen molar-refractivity contribution in [3.05, 3.63) is 34.1 Å². The van der Waals surface area contributed by atoms with Crippen LogP contribution < -0.4 is 10.1 Å². The molecule has 0 radical (unpaired) electrons. The molecule has 2 aromatic rings. The zero-order valence-corrected chi connectivity index (χ0v) is 12.0. The zero-order chi connectivity index (χ0) is 15.4. The summed E-state index contributed by atoms with van der Waals surface area (Å²) in [7, 11) is 3.32. The molecular weight excluding hydrogens is 276 g/mol. The number of nitro groups is 1. The van der Waals surface area contributed by atoms with Crippen LogP contribution in [0.2, 0.25) is 0 Å². The summed E-state index contributed by atoms with van der Waals surface area (Å²) >= 11 is 0. The molecule has 0 aliphatic rings. The molecule has 1 heterocycles. The Hall–Kier alpha value is -2.48. The SMILES string of the molecule is CNC(C)Cc1noc(-c2cc([N+](=O)[O-])ccc2OC)n1. The van der Waals surface area contributed by atoms with Gasteiger partial charge in [0.15, 0.2) is 5.82 Å². The average molecular weight is 292 g/mol. The molecule has 8 heteroatoms. The number of aromatic nitrogens is 2. The van der Waals surface area contributed by atoms with E-state index >= 15 is 0 Å². The largest absolute Gasteiger partial charge is 0.496 e. The maximum absolute atomic E-state index is 10.9. The maximum Gasteiger partial charge on any atom is 0.270 e. The van der Waals surface area contributed by atoms with Gasteiger partial charge in [0.25, 0.3) is 11.6 Å². The molecule has 0 spiro atoms. The van der Waals surface area contributed by atoms with Crippen molar-refractivity contribution in [3.8, 4) is 17.2 Å². The Kier molecular flexibility index (Phi) is 4.49. The summed E-state index contributed by atoms with van der Waals surface area (Å²) in [5.74, 6) is 1.17. The van der Waals surface area contributed by atoms with Gasteiger partial charge < -0.3 is 14.6 Å². The van der Waals surface area contributed by atoms with E-state index in [4.69, 9.17) is 9.26 Å². The maximum atomic E-state index is 10.9. The second kappa shape index (κ2) is 6.31. The monoisotopic (exact) mass is 292 g/mol. The van der Waals surface area contributed by atoms with Gasteiger partial charge >= 0.3 is 0 Å². The van der Waals surface area contributed by atoms with Crippen LogP contribution in [0, 0.1) is 10.1 Å². The Labute approximate surface area is 121 Å². The van der Waals surface area contributed by atoms with Crippen molar-refractivity contribution in [2.24, 2.45) is 0 Å². The lowest BCUT2D eigenvalue weighted by molar-refractivity contribution is -0.384. The van der Waals surface area contributed by atoms with Crippen molar-refractivity contribution in [2.75, 3.05) is 14.2 Å². The van der Waals surface area contributed by atoms with E-state index in [-0.39, 0.29) is 17.6 Å². The molecule has 21 heavy (non-hydrogen) atoms. The van der Waals surface area contributed by atoms with Gasteiger partial charge in [-0.05, 0) is 20.0 Å². The standard InChI is InChI=1S/C13H16N4O4/c1-8(14-2)6-12-15-13(21-16-12)10-7-9(17(18)19)4-5-11(10)20-3/h4-5,7-8,14H,6H2,1-3H3. The third-order valence-corrected chi connectivity index (χ3v) is 3.07. The van der Waals surface area contributed by atoms with Crippen LogP contribution in [-0.4, -0.2) is 35.3 Å². The number of rotatable bonds is 6. The van der Waals surface area contributed by atoms with Crippen molar-refractivity contribution in [3.63, 3.8) is 0 Å². The molecular formula is C13H16N4O4. The van der Waals surface area contributed by atoms with Gasteiger partial charge in [0.2, 0.25) is 0 Å². The van der Waals surface area contributed by atoms with Crippen molar-refractivity contribution in [1.82, 2.24) is 15.5 Å². The molecule has 0 amide bonds. The van der Waals surface area contributed by atoms with E-state index in [9.17, 15) is 10.1 Å². The highest BCUT2D eigenvalue weighted by molar-refractivity contribution is 5.66. The predicted molar refractivity (Wildman–Crippen MR) is 75.2 cm³/mol. The third-order valence-electron chi connectivity index (χ3n) is 3.07. The summed E-state index contributed by atoms with van der Waals surface area (Å²) in [6.07, 6.45) is 0.594. The molecule has 2 rings (SSSR count). The van der Waals surface area contributed by atoms with Crippen LogP contribution in [0.5, 0.6) is 5.75 Å².